The normalized spacial score (nSPS) is 12.2. The van der Waals surface area contributed by atoms with Crippen LogP contribution in [-0.4, -0.2) is 24.2 Å². The summed E-state index contributed by atoms with van der Waals surface area (Å²) in [7, 11) is 0. The van der Waals surface area contributed by atoms with Gasteiger partial charge in [-0.05, 0) is 55.5 Å². The largest absolute Gasteiger partial charge is 0.573 e. The van der Waals surface area contributed by atoms with Crippen LogP contribution < -0.4 is 15.4 Å². The van der Waals surface area contributed by atoms with Gasteiger partial charge in [0.1, 0.15) is 11.8 Å². The molecular formula is C17H14ClF3N2O3. The molecule has 0 aliphatic heterocycles. The lowest BCUT2D eigenvalue weighted by atomic mass is 10.2. The maximum atomic E-state index is 12.1. The Morgan fingerprint density at radius 1 is 1.04 bits per heavy atom. The molecule has 0 saturated heterocycles. The molecule has 0 heterocycles. The SMILES string of the molecule is CC(NC(=O)c1ccc(Cl)cc1)C(=O)Nc1ccc(OC(F)(F)F)cc1. The molecule has 0 bridgehead atoms. The Morgan fingerprint density at radius 2 is 1.62 bits per heavy atom. The van der Waals surface area contributed by atoms with E-state index < -0.39 is 30.0 Å². The molecular weight excluding hydrogens is 373 g/mol. The van der Waals surface area contributed by atoms with E-state index in [4.69, 9.17) is 11.6 Å². The molecule has 0 spiro atoms. The van der Waals surface area contributed by atoms with Crippen molar-refractivity contribution in [1.29, 1.82) is 0 Å². The predicted molar refractivity (Wildman–Crippen MR) is 90.1 cm³/mol. The van der Waals surface area contributed by atoms with Crippen LogP contribution in [0.5, 0.6) is 5.75 Å². The minimum absolute atomic E-state index is 0.261. The summed E-state index contributed by atoms with van der Waals surface area (Å²) in [5.74, 6) is -1.39. The molecule has 0 fully saturated rings. The highest BCUT2D eigenvalue weighted by Crippen LogP contribution is 2.24. The van der Waals surface area contributed by atoms with Crippen molar-refractivity contribution in [2.45, 2.75) is 19.3 Å². The molecule has 0 aromatic heterocycles. The third-order valence-corrected chi connectivity index (χ3v) is 3.45. The fraction of sp³-hybridized carbons (Fsp3) is 0.176. The summed E-state index contributed by atoms with van der Waals surface area (Å²) in [4.78, 5) is 24.1. The molecule has 0 aliphatic carbocycles. The molecule has 0 saturated carbocycles. The Morgan fingerprint density at radius 3 is 2.15 bits per heavy atom. The van der Waals surface area contributed by atoms with Gasteiger partial charge in [0.25, 0.3) is 5.91 Å². The lowest BCUT2D eigenvalue weighted by Crippen LogP contribution is -2.41. The third kappa shape index (κ3) is 5.96. The smallest absolute Gasteiger partial charge is 0.406 e. The van der Waals surface area contributed by atoms with Crippen LogP contribution in [-0.2, 0) is 4.79 Å². The van der Waals surface area contributed by atoms with Gasteiger partial charge in [0.2, 0.25) is 5.91 Å². The first-order valence-electron chi connectivity index (χ1n) is 7.37. The predicted octanol–water partition coefficient (Wildman–Crippen LogP) is 4.00. The molecule has 138 valence electrons. The highest BCUT2D eigenvalue weighted by atomic mass is 35.5. The van der Waals surface area contributed by atoms with Crippen molar-refractivity contribution < 1.29 is 27.5 Å². The van der Waals surface area contributed by atoms with E-state index in [2.05, 4.69) is 15.4 Å². The first-order valence-corrected chi connectivity index (χ1v) is 7.75. The van der Waals surface area contributed by atoms with Crippen molar-refractivity contribution in [2.75, 3.05) is 5.32 Å². The van der Waals surface area contributed by atoms with Crippen molar-refractivity contribution in [2.24, 2.45) is 0 Å². The molecule has 0 aliphatic rings. The van der Waals surface area contributed by atoms with Crippen LogP contribution >= 0.6 is 11.6 Å². The van der Waals surface area contributed by atoms with Crippen LogP contribution in [0.3, 0.4) is 0 Å². The number of alkyl halides is 3. The quantitative estimate of drug-likeness (QED) is 0.816. The topological polar surface area (TPSA) is 67.4 Å². The second kappa shape index (κ2) is 8.09. The van der Waals surface area contributed by atoms with E-state index in [0.29, 0.717) is 10.6 Å². The van der Waals surface area contributed by atoms with Gasteiger partial charge in [-0.25, -0.2) is 0 Å². The molecule has 2 rings (SSSR count). The Labute approximate surface area is 152 Å². The van der Waals surface area contributed by atoms with E-state index >= 15 is 0 Å². The highest BCUT2D eigenvalue weighted by molar-refractivity contribution is 6.30. The lowest BCUT2D eigenvalue weighted by Gasteiger charge is -2.15. The van der Waals surface area contributed by atoms with Gasteiger partial charge in [0, 0.05) is 16.3 Å². The third-order valence-electron chi connectivity index (χ3n) is 3.20. The molecule has 2 amide bonds. The van der Waals surface area contributed by atoms with Crippen molar-refractivity contribution >= 4 is 29.1 Å². The average molecular weight is 387 g/mol. The van der Waals surface area contributed by atoms with Gasteiger partial charge >= 0.3 is 6.36 Å². The Hall–Kier alpha value is -2.74. The lowest BCUT2D eigenvalue weighted by molar-refractivity contribution is -0.274. The Balaban J connectivity index is 1.92. The van der Waals surface area contributed by atoms with Gasteiger partial charge in [0.15, 0.2) is 0 Å². The number of hydrogen-bond donors (Lipinski definition) is 2. The summed E-state index contributed by atoms with van der Waals surface area (Å²) in [5.41, 5.74) is 0.597. The van der Waals surface area contributed by atoms with E-state index in [9.17, 15) is 22.8 Å². The molecule has 2 N–H and O–H groups in total. The number of halogens is 4. The summed E-state index contributed by atoms with van der Waals surface area (Å²) >= 11 is 5.74. The van der Waals surface area contributed by atoms with E-state index in [0.717, 1.165) is 12.1 Å². The van der Waals surface area contributed by atoms with E-state index in [1.807, 2.05) is 0 Å². The van der Waals surface area contributed by atoms with Gasteiger partial charge in [0.05, 0.1) is 0 Å². The standard InChI is InChI=1S/C17H14ClF3N2O3/c1-10(22-16(25)11-2-4-12(18)5-3-11)15(24)23-13-6-8-14(9-7-13)26-17(19,20)21/h2-10H,1H3,(H,22,25)(H,23,24). The van der Waals surface area contributed by atoms with Gasteiger partial charge in [-0.1, -0.05) is 11.6 Å². The van der Waals surface area contributed by atoms with Crippen LogP contribution in [0.1, 0.15) is 17.3 Å². The molecule has 0 radical (unpaired) electrons. The summed E-state index contributed by atoms with van der Waals surface area (Å²) in [6.07, 6.45) is -4.79. The zero-order valence-corrected chi connectivity index (χ0v) is 14.2. The fourth-order valence-corrected chi connectivity index (χ4v) is 2.06. The number of nitrogens with one attached hydrogen (secondary N) is 2. The van der Waals surface area contributed by atoms with Crippen molar-refractivity contribution in [3.05, 3.63) is 59.1 Å². The maximum Gasteiger partial charge on any atom is 0.573 e. The molecule has 26 heavy (non-hydrogen) atoms. The molecule has 9 heteroatoms. The number of anilines is 1. The van der Waals surface area contributed by atoms with Crippen LogP contribution in [0.15, 0.2) is 48.5 Å². The number of hydrogen-bond acceptors (Lipinski definition) is 3. The van der Waals surface area contributed by atoms with Gasteiger partial charge in [-0.2, -0.15) is 0 Å². The average Bonchev–Trinajstić information content (AvgIpc) is 2.55. The summed E-state index contributed by atoms with van der Waals surface area (Å²) in [6, 6.07) is 9.91. The highest BCUT2D eigenvalue weighted by Gasteiger charge is 2.31. The zero-order valence-electron chi connectivity index (χ0n) is 13.4. The van der Waals surface area contributed by atoms with E-state index in [1.54, 1.807) is 12.1 Å². The molecule has 5 nitrogen and oxygen atoms in total. The van der Waals surface area contributed by atoms with Crippen LogP contribution in [0.2, 0.25) is 5.02 Å². The van der Waals surface area contributed by atoms with Gasteiger partial charge < -0.3 is 15.4 Å². The first kappa shape index (κ1) is 19.6. The second-order valence-electron chi connectivity index (χ2n) is 5.26. The van der Waals surface area contributed by atoms with E-state index in [1.165, 1.54) is 31.2 Å². The minimum Gasteiger partial charge on any atom is -0.406 e. The van der Waals surface area contributed by atoms with Gasteiger partial charge in [-0.15, -0.1) is 13.2 Å². The summed E-state index contributed by atoms with van der Waals surface area (Å²) in [5, 5.41) is 5.47. The number of benzene rings is 2. The second-order valence-corrected chi connectivity index (χ2v) is 5.70. The minimum atomic E-state index is -4.79. The van der Waals surface area contributed by atoms with Gasteiger partial charge in [-0.3, -0.25) is 9.59 Å². The van der Waals surface area contributed by atoms with Crippen LogP contribution in [0, 0.1) is 0 Å². The van der Waals surface area contributed by atoms with Crippen LogP contribution in [0.25, 0.3) is 0 Å². The molecule has 2 aromatic carbocycles. The van der Waals surface area contributed by atoms with Crippen molar-refractivity contribution in [1.82, 2.24) is 5.32 Å². The number of carbonyl (C=O) groups is 2. The monoisotopic (exact) mass is 386 g/mol. The summed E-state index contributed by atoms with van der Waals surface area (Å²) < 4.78 is 40.0. The van der Waals surface area contributed by atoms with Crippen LogP contribution in [0.4, 0.5) is 18.9 Å². The molecule has 1 unspecified atom stereocenters. The fourth-order valence-electron chi connectivity index (χ4n) is 1.94. The van der Waals surface area contributed by atoms with Crippen molar-refractivity contribution in [3.63, 3.8) is 0 Å². The summed E-state index contributed by atoms with van der Waals surface area (Å²) in [6.45, 7) is 1.48. The number of rotatable bonds is 5. The number of amides is 2. The number of ether oxygens (including phenoxy) is 1. The maximum absolute atomic E-state index is 12.1. The number of carbonyl (C=O) groups excluding carboxylic acids is 2. The Kier molecular flexibility index (Phi) is 6.10. The van der Waals surface area contributed by atoms with Crippen molar-refractivity contribution in [3.8, 4) is 5.75 Å². The molecule has 1 atom stereocenters. The zero-order chi connectivity index (χ0) is 19.3. The first-order chi connectivity index (χ1) is 12.1. The molecule has 2 aromatic rings. The Bertz CT molecular complexity index is 777. The van der Waals surface area contributed by atoms with E-state index in [-0.39, 0.29) is 5.69 Å².